The van der Waals surface area contributed by atoms with Gasteiger partial charge in [0.1, 0.15) is 18.7 Å². The monoisotopic (exact) mass is 589 g/mol. The van der Waals surface area contributed by atoms with Crippen molar-refractivity contribution < 1.29 is 47.7 Å². The average molecular weight is 590 g/mol. The Hall–Kier alpha value is -2.66. The van der Waals surface area contributed by atoms with E-state index < -0.39 is 18.1 Å². The molecular formula is C30H55NO10. The van der Waals surface area contributed by atoms with Gasteiger partial charge in [-0.3, -0.25) is 19.2 Å². The van der Waals surface area contributed by atoms with Gasteiger partial charge in [-0.2, -0.15) is 0 Å². The minimum absolute atomic E-state index is 0.0356. The Labute approximate surface area is 246 Å². The largest absolute Gasteiger partial charge is 0.463 e. The molecule has 0 aromatic rings. The number of hydrogen-bond acceptors (Lipinski definition) is 10. The number of rotatable bonds is 19. The molecule has 0 aliphatic carbocycles. The van der Waals surface area contributed by atoms with Crippen LogP contribution in [0.2, 0.25) is 0 Å². The molecular weight excluding hydrogens is 534 g/mol. The Bertz CT molecular complexity index is 739. The van der Waals surface area contributed by atoms with Crippen LogP contribution >= 0.6 is 0 Å². The van der Waals surface area contributed by atoms with Gasteiger partial charge in [0.15, 0.2) is 11.9 Å². The smallest absolute Gasteiger partial charge is 0.308 e. The molecule has 0 heterocycles. The Morgan fingerprint density at radius 1 is 0.829 bits per heavy atom. The van der Waals surface area contributed by atoms with Crippen LogP contribution in [0, 0.1) is 17.8 Å². The number of Topliss-reactive ketones (excluding diaryl/α,β-unsaturated/α-hetero) is 1. The number of amides is 1. The van der Waals surface area contributed by atoms with Gasteiger partial charge in [-0.15, -0.1) is 0 Å². The molecule has 0 aromatic heterocycles. The molecule has 0 rings (SSSR count). The maximum absolute atomic E-state index is 12.2. The summed E-state index contributed by atoms with van der Waals surface area (Å²) in [5.74, 6) is -0.479. The van der Waals surface area contributed by atoms with Crippen molar-refractivity contribution in [3.8, 4) is 0 Å². The average Bonchev–Trinajstić information content (AvgIpc) is 2.89. The minimum Gasteiger partial charge on any atom is -0.463 e. The number of hydrogen-bond donors (Lipinski definition) is 1. The predicted molar refractivity (Wildman–Crippen MR) is 156 cm³/mol. The highest BCUT2D eigenvalue weighted by molar-refractivity contribution is 5.96. The van der Waals surface area contributed by atoms with Gasteiger partial charge in [0.05, 0.1) is 31.1 Å². The zero-order chi connectivity index (χ0) is 32.5. The molecule has 41 heavy (non-hydrogen) atoms. The van der Waals surface area contributed by atoms with Crippen molar-refractivity contribution in [3.05, 3.63) is 0 Å². The summed E-state index contributed by atoms with van der Waals surface area (Å²) < 4.78 is 19.5. The number of carbonyl (C=O) groups excluding carboxylic acids is 6. The van der Waals surface area contributed by atoms with Crippen molar-refractivity contribution in [1.82, 2.24) is 5.32 Å². The SMILES string of the molecule is CCC(C)C(OC=O)C(=O)N[C@@H](CC(C)C)C(=O)CC=O.CO[C@H](C)CC(=O)OC(C)C.CO[C@H](C=O)CC(C)C. The van der Waals surface area contributed by atoms with Crippen LogP contribution in [0.5, 0.6) is 0 Å². The quantitative estimate of drug-likeness (QED) is 0.133. The van der Waals surface area contributed by atoms with Gasteiger partial charge in [0.25, 0.3) is 12.4 Å². The topological polar surface area (TPSA) is 151 Å². The summed E-state index contributed by atoms with van der Waals surface area (Å²) in [6.45, 7) is 17.4. The highest BCUT2D eigenvalue weighted by Crippen LogP contribution is 2.13. The van der Waals surface area contributed by atoms with E-state index >= 15 is 0 Å². The van der Waals surface area contributed by atoms with Crippen molar-refractivity contribution >= 4 is 36.7 Å². The molecule has 0 bridgehead atoms. The molecule has 0 aliphatic heterocycles. The molecule has 0 saturated heterocycles. The molecule has 0 saturated carbocycles. The lowest BCUT2D eigenvalue weighted by Crippen LogP contribution is -2.48. The van der Waals surface area contributed by atoms with Gasteiger partial charge < -0.3 is 33.9 Å². The fraction of sp³-hybridized carbons (Fsp3) is 0.800. The third-order valence-electron chi connectivity index (χ3n) is 5.70. The fourth-order valence-corrected chi connectivity index (χ4v) is 3.25. The van der Waals surface area contributed by atoms with E-state index in [1.54, 1.807) is 21.1 Å². The zero-order valence-corrected chi connectivity index (χ0v) is 27.0. The van der Waals surface area contributed by atoms with Crippen LogP contribution in [0.3, 0.4) is 0 Å². The van der Waals surface area contributed by atoms with Crippen molar-refractivity contribution in [1.29, 1.82) is 0 Å². The Balaban J connectivity index is -0.000000602. The first-order valence-corrected chi connectivity index (χ1v) is 14.2. The Morgan fingerprint density at radius 2 is 1.39 bits per heavy atom. The molecule has 0 aliphatic rings. The zero-order valence-electron chi connectivity index (χ0n) is 27.0. The second-order valence-corrected chi connectivity index (χ2v) is 10.9. The summed E-state index contributed by atoms with van der Waals surface area (Å²) in [5, 5.41) is 2.60. The maximum Gasteiger partial charge on any atom is 0.308 e. The number of aldehydes is 2. The van der Waals surface area contributed by atoms with E-state index in [0.717, 1.165) is 12.7 Å². The minimum atomic E-state index is -0.925. The number of ether oxygens (including phenoxy) is 4. The first-order valence-electron chi connectivity index (χ1n) is 14.2. The lowest BCUT2D eigenvalue weighted by atomic mass is 9.96. The Morgan fingerprint density at radius 3 is 1.73 bits per heavy atom. The molecule has 0 fully saturated rings. The summed E-state index contributed by atoms with van der Waals surface area (Å²) in [4.78, 5) is 66.1. The standard InChI is InChI=1S/C15H25NO5.C8H16O3.C7H14O2/c1-5-11(4)14(21-9-18)15(20)16-12(8-10(2)3)13(19)6-7-17;1-6(2)11-8(9)5-7(3)10-4;1-6(2)4-7(5-8)9-3/h7,9-12,14H,5-6,8H2,1-4H3,(H,16,20);6-7H,5H2,1-4H3;5-7H,4H2,1-3H3/t11?,12-,14?;2*7-/m010/s1. The number of nitrogens with one attached hydrogen (secondary N) is 1. The van der Waals surface area contributed by atoms with E-state index in [1.165, 1.54) is 0 Å². The van der Waals surface area contributed by atoms with Crippen molar-refractivity contribution in [2.45, 2.75) is 125 Å². The van der Waals surface area contributed by atoms with E-state index in [4.69, 9.17) is 18.9 Å². The van der Waals surface area contributed by atoms with Crippen LogP contribution < -0.4 is 5.32 Å². The summed E-state index contributed by atoms with van der Waals surface area (Å²) in [6.07, 6.45) is 2.16. The number of esters is 1. The van der Waals surface area contributed by atoms with Crippen LogP contribution in [-0.2, 0) is 47.7 Å². The number of carbonyl (C=O) groups is 6. The van der Waals surface area contributed by atoms with E-state index in [-0.39, 0.29) is 54.8 Å². The van der Waals surface area contributed by atoms with Crippen LogP contribution in [0.1, 0.15) is 94.4 Å². The van der Waals surface area contributed by atoms with E-state index in [0.29, 0.717) is 31.5 Å². The van der Waals surface area contributed by atoms with Crippen LogP contribution in [0.25, 0.3) is 0 Å². The molecule has 11 heteroatoms. The third-order valence-corrected chi connectivity index (χ3v) is 5.70. The molecule has 11 nitrogen and oxygen atoms in total. The third kappa shape index (κ3) is 24.8. The second-order valence-electron chi connectivity index (χ2n) is 10.9. The Kier molecular flexibility index (Phi) is 27.4. The molecule has 0 aromatic carbocycles. The molecule has 240 valence electrons. The van der Waals surface area contributed by atoms with Crippen molar-refractivity contribution in [2.75, 3.05) is 14.2 Å². The molecule has 0 radical (unpaired) electrons. The second kappa shape index (κ2) is 26.3. The van der Waals surface area contributed by atoms with E-state index in [9.17, 15) is 28.8 Å². The predicted octanol–water partition coefficient (Wildman–Crippen LogP) is 3.87. The number of ketones is 1. The lowest BCUT2D eigenvalue weighted by molar-refractivity contribution is -0.150. The van der Waals surface area contributed by atoms with E-state index in [1.807, 2.05) is 41.5 Å². The normalized spacial score (nSPS) is 14.2. The van der Waals surface area contributed by atoms with Crippen molar-refractivity contribution in [3.63, 3.8) is 0 Å². The molecule has 2 unspecified atom stereocenters. The van der Waals surface area contributed by atoms with Gasteiger partial charge in [-0.05, 0) is 51.9 Å². The maximum atomic E-state index is 12.2. The van der Waals surface area contributed by atoms with Crippen LogP contribution in [0.15, 0.2) is 0 Å². The van der Waals surface area contributed by atoms with Gasteiger partial charge in [0.2, 0.25) is 0 Å². The molecule has 0 spiro atoms. The summed E-state index contributed by atoms with van der Waals surface area (Å²) in [7, 11) is 3.13. The van der Waals surface area contributed by atoms with E-state index in [2.05, 4.69) is 19.2 Å². The highest BCUT2D eigenvalue weighted by Gasteiger charge is 2.29. The van der Waals surface area contributed by atoms with Crippen LogP contribution in [-0.4, -0.2) is 81.4 Å². The number of methoxy groups -OCH3 is 2. The van der Waals surface area contributed by atoms with Crippen LogP contribution in [0.4, 0.5) is 0 Å². The van der Waals surface area contributed by atoms with Gasteiger partial charge in [-0.25, -0.2) is 0 Å². The van der Waals surface area contributed by atoms with Gasteiger partial charge >= 0.3 is 5.97 Å². The first kappa shape index (κ1) is 42.8. The van der Waals surface area contributed by atoms with Gasteiger partial charge in [-0.1, -0.05) is 41.5 Å². The first-order chi connectivity index (χ1) is 19.1. The molecule has 1 amide bonds. The van der Waals surface area contributed by atoms with Crippen molar-refractivity contribution in [2.24, 2.45) is 17.8 Å². The lowest BCUT2D eigenvalue weighted by Gasteiger charge is -2.24. The fourth-order valence-electron chi connectivity index (χ4n) is 3.25. The summed E-state index contributed by atoms with van der Waals surface area (Å²) in [6, 6.07) is -0.732. The summed E-state index contributed by atoms with van der Waals surface area (Å²) >= 11 is 0. The van der Waals surface area contributed by atoms with Gasteiger partial charge in [0, 0.05) is 20.1 Å². The molecule has 1 N–H and O–H groups in total. The highest BCUT2D eigenvalue weighted by atomic mass is 16.5. The molecule has 5 atom stereocenters. The summed E-state index contributed by atoms with van der Waals surface area (Å²) in [5.41, 5.74) is 0.